The van der Waals surface area contributed by atoms with E-state index in [0.29, 0.717) is 11.1 Å². The van der Waals surface area contributed by atoms with Crippen molar-refractivity contribution < 1.29 is 9.90 Å². The maximum atomic E-state index is 13.1. The van der Waals surface area contributed by atoms with E-state index in [0.717, 1.165) is 16.7 Å². The van der Waals surface area contributed by atoms with E-state index in [1.54, 1.807) is 43.6 Å². The summed E-state index contributed by atoms with van der Waals surface area (Å²) in [4.78, 5) is 25.2. The summed E-state index contributed by atoms with van der Waals surface area (Å²) in [6.45, 7) is 1.90. The van der Waals surface area contributed by atoms with Crippen LogP contribution in [-0.4, -0.2) is 15.5 Å². The number of hydrogen-bond donors (Lipinski definition) is 3. The molecule has 1 heterocycles. The predicted molar refractivity (Wildman–Crippen MR) is 109 cm³/mol. The number of benzene rings is 2. The number of nitrogens with zero attached hydrogens (tertiary/aromatic N) is 1. The van der Waals surface area contributed by atoms with Crippen molar-refractivity contribution in [2.75, 3.05) is 0 Å². The molecule has 2 N–H and O–H groups in total. The van der Waals surface area contributed by atoms with Gasteiger partial charge in [-0.1, -0.05) is 37.1 Å². The van der Waals surface area contributed by atoms with E-state index in [2.05, 4.69) is 17.5 Å². The quantitative estimate of drug-likeness (QED) is 0.468. The van der Waals surface area contributed by atoms with E-state index in [4.69, 9.17) is 0 Å². The van der Waals surface area contributed by atoms with Crippen LogP contribution >= 0.6 is 12.8 Å². The summed E-state index contributed by atoms with van der Waals surface area (Å²) in [6.07, 6.45) is 1.74. The third kappa shape index (κ3) is 3.82. The summed E-state index contributed by atoms with van der Waals surface area (Å²) >= 11 is 4.13. The lowest BCUT2D eigenvalue weighted by Gasteiger charge is -2.18. The van der Waals surface area contributed by atoms with Gasteiger partial charge in [0.2, 0.25) is 0 Å². The maximum absolute atomic E-state index is 13.1. The first-order chi connectivity index (χ1) is 12.9. The Labute approximate surface area is 162 Å². The Morgan fingerprint density at radius 2 is 1.78 bits per heavy atom. The minimum Gasteiger partial charge on any atom is -0.508 e. The Morgan fingerprint density at radius 1 is 1.11 bits per heavy atom. The lowest BCUT2D eigenvalue weighted by Crippen LogP contribution is -2.20. The van der Waals surface area contributed by atoms with Crippen molar-refractivity contribution in [3.63, 3.8) is 0 Å². The minimum atomic E-state index is -0.186. The van der Waals surface area contributed by atoms with Crippen LogP contribution in [0.15, 0.2) is 65.6 Å². The molecule has 27 heavy (non-hydrogen) atoms. The fourth-order valence-electron chi connectivity index (χ4n) is 2.98. The first-order valence-electron chi connectivity index (χ1n) is 8.45. The highest BCUT2D eigenvalue weighted by Crippen LogP contribution is 2.31. The van der Waals surface area contributed by atoms with Gasteiger partial charge in [0.05, 0.1) is 0 Å². The van der Waals surface area contributed by atoms with Gasteiger partial charge in [0, 0.05) is 42.0 Å². The van der Waals surface area contributed by atoms with E-state index in [1.807, 2.05) is 19.1 Å². The van der Waals surface area contributed by atoms with Gasteiger partial charge in [0.25, 0.3) is 5.56 Å². The Kier molecular flexibility index (Phi) is 5.48. The number of phenols is 1. The van der Waals surface area contributed by atoms with Crippen molar-refractivity contribution in [2.45, 2.75) is 13.0 Å². The molecule has 138 valence electrons. The van der Waals surface area contributed by atoms with Crippen LogP contribution in [0.1, 0.15) is 34.5 Å². The summed E-state index contributed by atoms with van der Waals surface area (Å²) in [5.41, 5.74) is 3.15. The van der Waals surface area contributed by atoms with Crippen molar-refractivity contribution in [2.24, 2.45) is 7.05 Å². The molecule has 0 aliphatic rings. The number of nitrogens with one attached hydrogen (secondary N) is 1. The van der Waals surface area contributed by atoms with Crippen LogP contribution < -0.4 is 10.3 Å². The highest BCUT2D eigenvalue weighted by atomic mass is 32.1. The standard InChI is InChI=1S/C21H20N2O3S/c1-13(22-27)18-11-20(25)23(2)12-19(18)16-5-3-4-6-17(16)21(26)14-7-9-15(24)10-8-14/h3-13,22,24,27H,1-2H3. The molecule has 5 nitrogen and oxygen atoms in total. The smallest absolute Gasteiger partial charge is 0.250 e. The van der Waals surface area contributed by atoms with Crippen molar-refractivity contribution in [1.29, 1.82) is 0 Å². The number of carbonyl (C=O) groups is 1. The number of aromatic hydroxyl groups is 1. The number of hydrogen-bond acceptors (Lipinski definition) is 5. The van der Waals surface area contributed by atoms with Crippen LogP contribution in [0.3, 0.4) is 0 Å². The molecule has 0 aliphatic carbocycles. The molecule has 0 saturated heterocycles. The summed E-state index contributed by atoms with van der Waals surface area (Å²) in [5.74, 6) is -0.0502. The summed E-state index contributed by atoms with van der Waals surface area (Å²) in [7, 11) is 1.68. The number of ketones is 1. The first-order valence-corrected chi connectivity index (χ1v) is 8.90. The van der Waals surface area contributed by atoms with Gasteiger partial charge >= 0.3 is 0 Å². The fraction of sp³-hybridized carbons (Fsp3) is 0.143. The van der Waals surface area contributed by atoms with Crippen LogP contribution in [0, 0.1) is 0 Å². The molecular weight excluding hydrogens is 360 g/mol. The molecule has 0 aliphatic heterocycles. The van der Waals surface area contributed by atoms with Crippen molar-refractivity contribution in [3.05, 3.63) is 87.8 Å². The van der Waals surface area contributed by atoms with Crippen molar-refractivity contribution >= 4 is 18.6 Å². The molecule has 1 atom stereocenters. The van der Waals surface area contributed by atoms with Crippen LogP contribution in [0.5, 0.6) is 5.75 Å². The lowest BCUT2D eigenvalue weighted by molar-refractivity contribution is 0.103. The highest BCUT2D eigenvalue weighted by molar-refractivity contribution is 7.78. The SMILES string of the molecule is CC(NS)c1cc(=O)n(C)cc1-c1ccccc1C(=O)c1ccc(O)cc1. The number of aryl methyl sites for hydroxylation is 1. The van der Waals surface area contributed by atoms with Gasteiger partial charge in [-0.2, -0.15) is 0 Å². The highest BCUT2D eigenvalue weighted by Gasteiger charge is 2.19. The predicted octanol–water partition coefficient (Wildman–Crippen LogP) is 3.48. The van der Waals surface area contributed by atoms with Gasteiger partial charge in [0.1, 0.15) is 5.75 Å². The molecule has 0 bridgehead atoms. The van der Waals surface area contributed by atoms with Gasteiger partial charge in [-0.15, -0.1) is 0 Å². The number of carbonyl (C=O) groups excluding carboxylic acids is 1. The summed E-state index contributed by atoms with van der Waals surface area (Å²) < 4.78 is 4.35. The average Bonchev–Trinajstić information content (AvgIpc) is 2.69. The van der Waals surface area contributed by atoms with E-state index in [9.17, 15) is 14.7 Å². The van der Waals surface area contributed by atoms with Gasteiger partial charge in [-0.25, -0.2) is 0 Å². The largest absolute Gasteiger partial charge is 0.508 e. The zero-order valence-electron chi connectivity index (χ0n) is 15.0. The van der Waals surface area contributed by atoms with Gasteiger partial charge in [-0.05, 0) is 42.3 Å². The molecule has 0 spiro atoms. The molecule has 3 aromatic rings. The van der Waals surface area contributed by atoms with Crippen molar-refractivity contribution in [3.8, 4) is 16.9 Å². The molecular formula is C21H20N2O3S. The monoisotopic (exact) mass is 380 g/mol. The van der Waals surface area contributed by atoms with Crippen molar-refractivity contribution in [1.82, 2.24) is 9.29 Å². The first kappa shape index (κ1) is 18.9. The third-order valence-electron chi connectivity index (χ3n) is 4.51. The van der Waals surface area contributed by atoms with Gasteiger partial charge in [-0.3, -0.25) is 14.3 Å². The Hall–Kier alpha value is -2.83. The van der Waals surface area contributed by atoms with E-state index < -0.39 is 0 Å². The van der Waals surface area contributed by atoms with E-state index in [-0.39, 0.29) is 23.1 Å². The van der Waals surface area contributed by atoms with Crippen LogP contribution in [0.25, 0.3) is 11.1 Å². The normalized spacial score (nSPS) is 12.0. The second-order valence-corrected chi connectivity index (χ2v) is 6.62. The van der Waals surface area contributed by atoms with Gasteiger partial charge < -0.3 is 9.67 Å². The fourth-order valence-corrected chi connectivity index (χ4v) is 3.12. The molecule has 6 heteroatoms. The Balaban J connectivity index is 2.20. The lowest BCUT2D eigenvalue weighted by atomic mass is 9.91. The molecule has 0 saturated carbocycles. The Morgan fingerprint density at radius 3 is 2.44 bits per heavy atom. The van der Waals surface area contributed by atoms with Gasteiger partial charge in [0.15, 0.2) is 5.78 Å². The molecule has 3 rings (SSSR count). The number of pyridine rings is 1. The van der Waals surface area contributed by atoms with Crippen LogP contribution in [0.4, 0.5) is 0 Å². The third-order valence-corrected chi connectivity index (χ3v) is 4.90. The second-order valence-electron chi connectivity index (χ2n) is 6.36. The summed E-state index contributed by atoms with van der Waals surface area (Å²) in [6, 6.07) is 14.8. The summed E-state index contributed by atoms with van der Waals surface area (Å²) in [5, 5.41) is 9.46. The number of rotatable bonds is 5. The zero-order valence-corrected chi connectivity index (χ0v) is 15.9. The van der Waals surface area contributed by atoms with E-state index in [1.165, 1.54) is 16.7 Å². The average molecular weight is 380 g/mol. The van der Waals surface area contributed by atoms with E-state index >= 15 is 0 Å². The maximum Gasteiger partial charge on any atom is 0.250 e. The molecule has 0 fully saturated rings. The molecule has 1 aromatic heterocycles. The topological polar surface area (TPSA) is 71.3 Å². The molecule has 1 unspecified atom stereocenters. The van der Waals surface area contributed by atoms with Crippen LogP contribution in [-0.2, 0) is 7.05 Å². The van der Waals surface area contributed by atoms with Crippen LogP contribution in [0.2, 0.25) is 0 Å². The molecule has 0 radical (unpaired) electrons. The molecule has 0 amide bonds. The Bertz CT molecular complexity index is 1040. The molecule has 2 aromatic carbocycles. The number of thiol groups is 1. The minimum absolute atomic E-state index is 0.105. The second kappa shape index (κ2) is 7.82. The zero-order chi connectivity index (χ0) is 19.6. The number of phenolic OH excluding ortho intramolecular Hbond substituents is 1. The number of aromatic nitrogens is 1.